The molecule has 7 amide bonds. The minimum absolute atomic E-state index is 0.0157. The van der Waals surface area contributed by atoms with Crippen LogP contribution in [0.25, 0.3) is 15.4 Å². The topological polar surface area (TPSA) is 260 Å². The second-order valence-electron chi connectivity index (χ2n) is 20.3. The van der Waals surface area contributed by atoms with Crippen LogP contribution in [0.1, 0.15) is 97.5 Å². The number of aliphatic imine (C=N–C) groups is 1. The molecular weight excluding hydrogens is 1030 g/mol. The predicted octanol–water partition coefficient (Wildman–Crippen LogP) is 4.12. The van der Waals surface area contributed by atoms with E-state index in [9.17, 15) is 33.6 Å². The van der Waals surface area contributed by atoms with Crippen molar-refractivity contribution in [3.05, 3.63) is 104 Å². The number of thiazole rings is 1. The van der Waals surface area contributed by atoms with Crippen molar-refractivity contribution in [2.75, 3.05) is 32.8 Å². The lowest BCUT2D eigenvalue weighted by molar-refractivity contribution is -0.145. The van der Waals surface area contributed by atoms with E-state index in [0.29, 0.717) is 40.8 Å². The van der Waals surface area contributed by atoms with Gasteiger partial charge in [-0.25, -0.2) is 4.98 Å². The molecule has 2 fully saturated rings. The molecule has 76 heavy (non-hydrogen) atoms. The first-order valence-electron chi connectivity index (χ1n) is 25.2. The summed E-state index contributed by atoms with van der Waals surface area (Å²) in [6.45, 7) is 13.8. The number of amides is 7. The highest BCUT2D eigenvalue weighted by atomic mass is 35.5. The van der Waals surface area contributed by atoms with Crippen molar-refractivity contribution >= 4 is 81.3 Å². The summed E-state index contributed by atoms with van der Waals surface area (Å²) in [6.07, 6.45) is 0.626. The number of aromatic nitrogens is 4. The fourth-order valence-corrected chi connectivity index (χ4v) is 11.6. The van der Waals surface area contributed by atoms with Crippen molar-refractivity contribution in [1.82, 2.24) is 56.5 Å². The molecule has 2 aromatic carbocycles. The monoisotopic (exact) mass is 1090 g/mol. The van der Waals surface area contributed by atoms with Crippen molar-refractivity contribution in [2.24, 2.45) is 10.4 Å². The molecular formula is C53H63ClN12O8S2. The third-order valence-electron chi connectivity index (χ3n) is 13.7. The van der Waals surface area contributed by atoms with Gasteiger partial charge < -0.3 is 41.5 Å². The van der Waals surface area contributed by atoms with Gasteiger partial charge in [-0.2, -0.15) is 0 Å². The zero-order valence-electron chi connectivity index (χ0n) is 43.7. The second kappa shape index (κ2) is 23.6. The Bertz CT molecular complexity index is 3050. The summed E-state index contributed by atoms with van der Waals surface area (Å²) >= 11 is 9.37. The molecule has 0 saturated carbocycles. The number of fused-ring (bicyclic) bond motifs is 4. The van der Waals surface area contributed by atoms with Crippen LogP contribution in [-0.2, 0) is 44.7 Å². The largest absolute Gasteiger partial charge is 0.370 e. The molecule has 402 valence electrons. The van der Waals surface area contributed by atoms with Gasteiger partial charge in [0.2, 0.25) is 41.4 Å². The van der Waals surface area contributed by atoms with Gasteiger partial charge in [0.1, 0.15) is 53.7 Å². The highest BCUT2D eigenvalue weighted by Crippen LogP contribution is 2.40. The summed E-state index contributed by atoms with van der Waals surface area (Å²) in [6, 6.07) is 8.13. The Labute approximate surface area is 453 Å². The Morgan fingerprint density at radius 3 is 2.28 bits per heavy atom. The highest BCUT2D eigenvalue weighted by molar-refractivity contribution is 7.15. The van der Waals surface area contributed by atoms with Crippen LogP contribution in [0.2, 0.25) is 5.02 Å². The predicted molar refractivity (Wildman–Crippen MR) is 288 cm³/mol. The number of hydrogen-bond donors (Lipinski definition) is 6. The third-order valence-corrected chi connectivity index (χ3v) is 16.1. The standard InChI is InChI=1S/C53H63ClN12O8S2/c1-27-30(4)76-52-42(27)43(33-15-17-35(54)18-16-33)59-36(46-64-63-31(5)66(46)52)23-40(67)56-24-38-48(70)55-19-21-74-25-41(68)62-45(53(6,7)8)51(73)65-20-9-10-39(65)50(72)60-37(49(71)58-29(3)47(69)61-38)22-32-11-13-34(14-12-32)44-28(2)57-26-75-44/h11-18,26,29,36-39,45H,9-10,19-25H2,1-8H3,(H,55,70)(H,56,67)(H,58,71)(H,60,72)(H,61,69)(H,62,68)/t29-,36+,37-,38-,39+,45?/m1/s1. The number of nitrogens with zero attached hydrogens (tertiary/aromatic N) is 6. The molecule has 0 radical (unpaired) electrons. The lowest BCUT2D eigenvalue weighted by atomic mass is 9.85. The molecule has 3 aliphatic heterocycles. The zero-order chi connectivity index (χ0) is 54.6. The summed E-state index contributed by atoms with van der Waals surface area (Å²) < 4.78 is 7.53. The van der Waals surface area contributed by atoms with E-state index in [1.165, 1.54) is 23.2 Å². The maximum atomic E-state index is 14.4. The number of nitrogens with one attached hydrogen (secondary N) is 6. The first kappa shape index (κ1) is 55.4. The fraction of sp³-hybridized carbons (Fsp3) is 0.453. The molecule has 5 aromatic rings. The molecule has 0 spiro atoms. The van der Waals surface area contributed by atoms with E-state index in [-0.39, 0.29) is 39.1 Å². The molecule has 0 aliphatic carbocycles. The third kappa shape index (κ3) is 12.5. The molecule has 23 heteroatoms. The van der Waals surface area contributed by atoms with Crippen LogP contribution in [0.15, 0.2) is 59.0 Å². The van der Waals surface area contributed by atoms with Crippen LogP contribution in [0, 0.1) is 33.1 Å². The number of thiophene rings is 1. The van der Waals surface area contributed by atoms with E-state index in [1.807, 2.05) is 68.7 Å². The fourth-order valence-electron chi connectivity index (χ4n) is 9.42. The lowest BCUT2D eigenvalue weighted by Gasteiger charge is -2.35. The van der Waals surface area contributed by atoms with Crippen molar-refractivity contribution in [2.45, 2.75) is 117 Å². The van der Waals surface area contributed by atoms with Gasteiger partial charge in [0, 0.05) is 47.1 Å². The normalized spacial score (nSPS) is 22.3. The molecule has 2 saturated heterocycles. The lowest BCUT2D eigenvalue weighted by Crippen LogP contribution is -2.60. The molecule has 8 rings (SSSR count). The molecule has 3 aliphatic rings. The van der Waals surface area contributed by atoms with E-state index >= 15 is 0 Å². The van der Waals surface area contributed by atoms with Crippen LogP contribution >= 0.6 is 34.3 Å². The molecule has 3 aromatic heterocycles. The average Bonchev–Trinajstić information content (AvgIpc) is 4.19. The summed E-state index contributed by atoms with van der Waals surface area (Å²) in [4.78, 5) is 111. The van der Waals surface area contributed by atoms with E-state index in [4.69, 9.17) is 21.3 Å². The Kier molecular flexibility index (Phi) is 17.2. The molecule has 1 unspecified atom stereocenters. The van der Waals surface area contributed by atoms with Gasteiger partial charge in [-0.05, 0) is 81.7 Å². The van der Waals surface area contributed by atoms with Gasteiger partial charge in [-0.1, -0.05) is 68.8 Å². The van der Waals surface area contributed by atoms with E-state index in [0.717, 1.165) is 42.7 Å². The van der Waals surface area contributed by atoms with Crippen molar-refractivity contribution in [3.63, 3.8) is 0 Å². The summed E-state index contributed by atoms with van der Waals surface area (Å²) in [7, 11) is 0. The smallest absolute Gasteiger partial charge is 0.246 e. The van der Waals surface area contributed by atoms with Gasteiger partial charge in [0.15, 0.2) is 5.82 Å². The molecule has 0 bridgehead atoms. The quantitative estimate of drug-likeness (QED) is 0.129. The molecule has 6 heterocycles. The number of aryl methyl sites for hydroxylation is 3. The first-order chi connectivity index (χ1) is 36.2. The van der Waals surface area contributed by atoms with Gasteiger partial charge >= 0.3 is 0 Å². The van der Waals surface area contributed by atoms with Crippen molar-refractivity contribution in [3.8, 4) is 15.4 Å². The Morgan fingerprint density at radius 1 is 0.868 bits per heavy atom. The van der Waals surface area contributed by atoms with Crippen LogP contribution in [-0.4, -0.2) is 135 Å². The number of halogens is 1. The molecule has 20 nitrogen and oxygen atoms in total. The number of carbonyl (C=O) groups excluding carboxylic acids is 7. The minimum Gasteiger partial charge on any atom is -0.370 e. The SMILES string of the molecule is Cc1ncsc1-c1ccc(C[C@H]2NC(=O)[C@@H]3CCCN3C(=O)C(C(C)(C)C)NC(=O)COCCNC(=O)[C@@H](CNC(=O)C[C@@H]3N=C(c4ccc(Cl)cc4)c4c(sc(C)c4C)-n4c(C)nnc43)NC(=O)[C@@H](C)NC2=O)cc1. The van der Waals surface area contributed by atoms with Crippen molar-refractivity contribution in [1.29, 1.82) is 0 Å². The van der Waals surface area contributed by atoms with Crippen LogP contribution in [0.4, 0.5) is 0 Å². The van der Waals surface area contributed by atoms with E-state index in [1.54, 1.807) is 49.8 Å². The minimum atomic E-state index is -1.37. The Morgan fingerprint density at radius 2 is 1.58 bits per heavy atom. The first-order valence-corrected chi connectivity index (χ1v) is 27.2. The van der Waals surface area contributed by atoms with Gasteiger partial charge in [-0.3, -0.25) is 43.1 Å². The van der Waals surface area contributed by atoms with Crippen LogP contribution in [0.5, 0.6) is 0 Å². The van der Waals surface area contributed by atoms with Crippen molar-refractivity contribution < 1.29 is 38.3 Å². The van der Waals surface area contributed by atoms with Gasteiger partial charge in [-0.15, -0.1) is 32.9 Å². The maximum Gasteiger partial charge on any atom is 0.246 e. The maximum absolute atomic E-state index is 14.4. The van der Waals surface area contributed by atoms with E-state index < -0.39 is 89.6 Å². The number of benzene rings is 2. The number of ether oxygens (including phenoxy) is 1. The summed E-state index contributed by atoms with van der Waals surface area (Å²) in [5.74, 6) is -3.25. The summed E-state index contributed by atoms with van der Waals surface area (Å²) in [5.41, 5.74) is 6.83. The zero-order valence-corrected chi connectivity index (χ0v) is 46.1. The Balaban J connectivity index is 1.04. The molecule has 6 atom stereocenters. The number of rotatable bonds is 8. The average molecular weight is 1100 g/mol. The number of hydrogen-bond acceptors (Lipinski definition) is 14. The van der Waals surface area contributed by atoms with Crippen LogP contribution in [0.3, 0.4) is 0 Å². The second-order valence-corrected chi connectivity index (χ2v) is 22.8. The Hall–Kier alpha value is -6.88. The van der Waals surface area contributed by atoms with Gasteiger partial charge in [0.05, 0.1) is 34.8 Å². The molecule has 6 N–H and O–H groups in total. The van der Waals surface area contributed by atoms with Crippen LogP contribution < -0.4 is 31.9 Å². The summed E-state index contributed by atoms with van der Waals surface area (Å²) in [5, 5.41) is 26.9. The van der Waals surface area contributed by atoms with Gasteiger partial charge in [0.25, 0.3) is 0 Å². The number of carbonyl (C=O) groups is 7. The highest BCUT2D eigenvalue weighted by Gasteiger charge is 2.43. The van der Waals surface area contributed by atoms with E-state index in [2.05, 4.69) is 47.1 Å².